The quantitative estimate of drug-likeness (QED) is 0.0356. The van der Waals surface area contributed by atoms with Crippen LogP contribution in [-0.4, -0.2) is 16.1 Å². The van der Waals surface area contributed by atoms with Gasteiger partial charge in [0.2, 0.25) is 0 Å². The lowest BCUT2D eigenvalue weighted by molar-refractivity contribution is 0.620. The summed E-state index contributed by atoms with van der Waals surface area (Å²) in [7, 11) is -3.97. The highest BCUT2D eigenvalue weighted by molar-refractivity contribution is 9.10. The van der Waals surface area contributed by atoms with Crippen LogP contribution in [0.3, 0.4) is 0 Å². The van der Waals surface area contributed by atoms with Crippen LogP contribution in [0.25, 0.3) is 43.1 Å². The van der Waals surface area contributed by atoms with E-state index in [2.05, 4.69) is 175 Å². The first-order valence-electron chi connectivity index (χ1n) is 23.0. The molecule has 0 nitrogen and oxygen atoms in total. The van der Waals surface area contributed by atoms with Crippen molar-refractivity contribution in [2.75, 3.05) is 0 Å². The lowest BCUT2D eigenvalue weighted by atomic mass is 9.89. The molecule has 3 heteroatoms. The maximum atomic E-state index is 4.24. The van der Waals surface area contributed by atoms with Crippen molar-refractivity contribution in [3.8, 4) is 22.9 Å². The van der Waals surface area contributed by atoms with Gasteiger partial charge < -0.3 is 0 Å². The van der Waals surface area contributed by atoms with Gasteiger partial charge >= 0.3 is 0 Å². The highest BCUT2D eigenvalue weighted by Crippen LogP contribution is 2.42. The Morgan fingerprint density at radius 2 is 0.789 bits per heavy atom. The van der Waals surface area contributed by atoms with E-state index in [-0.39, 0.29) is 0 Å². The van der Waals surface area contributed by atoms with Crippen LogP contribution in [0.4, 0.5) is 0 Å². The Morgan fingerprint density at radius 1 is 0.439 bits per heavy atom. The van der Waals surface area contributed by atoms with Gasteiger partial charge in [-0.05, 0) is 114 Å². The van der Waals surface area contributed by atoms with Gasteiger partial charge in [0.1, 0.15) is 16.1 Å². The van der Waals surface area contributed by atoms with Gasteiger partial charge in [0.05, 0.1) is 0 Å². The van der Waals surface area contributed by atoms with E-state index in [1.165, 1.54) is 143 Å². The van der Waals surface area contributed by atoms with Crippen LogP contribution in [0, 0.1) is 22.9 Å². The van der Waals surface area contributed by atoms with Gasteiger partial charge in [-0.15, -0.1) is 11.1 Å². The largest absolute Gasteiger partial charge is 0.143 e. The maximum Gasteiger partial charge on any atom is 0.143 e. The molecule has 304 valence electrons. The van der Waals surface area contributed by atoms with Crippen molar-refractivity contribution in [1.29, 1.82) is 0 Å². The third kappa shape index (κ3) is 10.5. The summed E-state index contributed by atoms with van der Waals surface area (Å²) in [5.74, 6) is 8.17. The summed E-state index contributed by atoms with van der Waals surface area (Å²) in [6, 6.07) is 28.0. The molecule has 57 heavy (non-hydrogen) atoms. The Bertz CT molecular complexity index is 2220. The summed E-state index contributed by atoms with van der Waals surface area (Å²) in [4.78, 5) is 0. The molecular weight excluding hydrogens is 785 g/mol. The molecule has 0 N–H and O–H groups in total. The number of benzene rings is 5. The molecule has 0 aromatic heterocycles. The van der Waals surface area contributed by atoms with Gasteiger partial charge in [0.15, 0.2) is 0 Å². The Balaban J connectivity index is 1.81. The SMILES string of the molecule is CCCCCCCC[Si](C#Cc1c2cc3ccccc3cc2c(C#C[Si](CCCCCCCC)(C(C)C)C(C)C)c2cc3cc(Br)ccc3cc12)(C(C)C)C(C)C. The zero-order valence-electron chi connectivity index (χ0n) is 37.4. The predicted octanol–water partition coefficient (Wildman–Crippen LogP) is 18.1. The van der Waals surface area contributed by atoms with E-state index in [1.807, 2.05) is 0 Å². The molecule has 0 bridgehead atoms. The molecule has 0 aliphatic carbocycles. The number of hydrogen-bond donors (Lipinski definition) is 0. The second-order valence-corrected chi connectivity index (χ2v) is 29.8. The zero-order valence-corrected chi connectivity index (χ0v) is 41.0. The van der Waals surface area contributed by atoms with Crippen LogP contribution >= 0.6 is 15.9 Å². The first-order chi connectivity index (χ1) is 27.4. The fraction of sp³-hybridized carbons (Fsp3) is 0.519. The van der Waals surface area contributed by atoms with Gasteiger partial charge in [0.25, 0.3) is 0 Å². The van der Waals surface area contributed by atoms with Crippen LogP contribution in [0.5, 0.6) is 0 Å². The van der Waals surface area contributed by atoms with Crippen molar-refractivity contribution in [3.63, 3.8) is 0 Å². The molecule has 5 rings (SSSR count). The van der Waals surface area contributed by atoms with E-state index in [9.17, 15) is 0 Å². The molecule has 5 aromatic rings. The molecule has 0 amide bonds. The van der Waals surface area contributed by atoms with Gasteiger partial charge in [-0.3, -0.25) is 0 Å². The zero-order chi connectivity index (χ0) is 41.2. The topological polar surface area (TPSA) is 0 Å². The predicted molar refractivity (Wildman–Crippen MR) is 266 cm³/mol. The summed E-state index contributed by atoms with van der Waals surface area (Å²) >= 11 is 3.80. The van der Waals surface area contributed by atoms with E-state index in [1.54, 1.807) is 0 Å². The van der Waals surface area contributed by atoms with Crippen LogP contribution < -0.4 is 0 Å². The van der Waals surface area contributed by atoms with E-state index >= 15 is 0 Å². The Hall–Kier alpha value is -2.83. The van der Waals surface area contributed by atoms with E-state index < -0.39 is 16.1 Å². The van der Waals surface area contributed by atoms with Crippen molar-refractivity contribution in [2.45, 2.75) is 181 Å². The highest BCUT2D eigenvalue weighted by Gasteiger charge is 2.39. The Morgan fingerprint density at radius 3 is 1.18 bits per heavy atom. The van der Waals surface area contributed by atoms with Crippen molar-refractivity contribution < 1.29 is 0 Å². The van der Waals surface area contributed by atoms with Gasteiger partial charge in [-0.2, -0.15) is 0 Å². The van der Waals surface area contributed by atoms with Crippen molar-refractivity contribution in [1.82, 2.24) is 0 Å². The van der Waals surface area contributed by atoms with Crippen LogP contribution in [-0.2, 0) is 0 Å². The third-order valence-electron chi connectivity index (χ3n) is 13.8. The van der Waals surface area contributed by atoms with Crippen molar-refractivity contribution in [2.24, 2.45) is 0 Å². The summed E-state index contributed by atoms with van der Waals surface area (Å²) in [6.45, 7) is 24.4. The number of halogens is 1. The second kappa shape index (κ2) is 20.9. The first-order valence-corrected chi connectivity index (χ1v) is 28.5. The number of fused-ring (bicyclic) bond motifs is 4. The Kier molecular flexibility index (Phi) is 16.6. The molecule has 0 aliphatic rings. The van der Waals surface area contributed by atoms with E-state index in [0.29, 0.717) is 22.2 Å². The maximum absolute atomic E-state index is 4.24. The Labute approximate surface area is 358 Å². The molecule has 0 saturated heterocycles. The minimum absolute atomic E-state index is 0.595. The van der Waals surface area contributed by atoms with Crippen LogP contribution in [0.1, 0.15) is 157 Å². The number of hydrogen-bond acceptors (Lipinski definition) is 0. The fourth-order valence-electron chi connectivity index (χ4n) is 9.84. The molecule has 0 atom stereocenters. The minimum atomic E-state index is -1.99. The van der Waals surface area contributed by atoms with Gasteiger partial charge in [0, 0.05) is 15.6 Å². The lowest BCUT2D eigenvalue weighted by Gasteiger charge is -2.34. The van der Waals surface area contributed by atoms with Crippen molar-refractivity contribution in [3.05, 3.63) is 82.3 Å². The lowest BCUT2D eigenvalue weighted by Crippen LogP contribution is -2.40. The van der Waals surface area contributed by atoms with Gasteiger partial charge in [-0.1, -0.05) is 204 Å². The number of rotatable bonds is 18. The first kappa shape index (κ1) is 45.3. The molecule has 0 aliphatic heterocycles. The average Bonchev–Trinajstić information content (AvgIpc) is 3.18. The molecule has 0 spiro atoms. The van der Waals surface area contributed by atoms with E-state index in [0.717, 1.165) is 4.47 Å². The van der Waals surface area contributed by atoms with E-state index in [4.69, 9.17) is 0 Å². The summed E-state index contributed by atoms with van der Waals surface area (Å²) in [6.07, 6.45) is 16.0. The molecular formula is C54H73BrSi2. The number of unbranched alkanes of at least 4 members (excludes halogenated alkanes) is 10. The van der Waals surface area contributed by atoms with Crippen LogP contribution in [0.2, 0.25) is 34.3 Å². The summed E-state index contributed by atoms with van der Waals surface area (Å²) < 4.78 is 1.11. The summed E-state index contributed by atoms with van der Waals surface area (Å²) in [5, 5.41) is 10.1. The standard InChI is InChI=1S/C54H73BrSi2/c1-11-13-15-17-19-23-31-56(40(3)4,41(5)6)33-29-49-51-36-44-25-21-22-26-45(44)37-52(51)50(54-39-47-35-48(55)28-27-46(47)38-53(49)54)30-34-57(42(7)8,43(9)10)32-24-20-18-16-14-12-2/h21-22,25-28,35-43H,11-20,23-24,31-32H2,1-10H3. The summed E-state index contributed by atoms with van der Waals surface area (Å²) in [5.41, 5.74) is 13.3. The van der Waals surface area contributed by atoms with Gasteiger partial charge in [-0.25, -0.2) is 0 Å². The highest BCUT2D eigenvalue weighted by atomic mass is 79.9. The smallest absolute Gasteiger partial charge is 0.125 e. The normalized spacial score (nSPS) is 12.4. The molecule has 5 aromatic carbocycles. The minimum Gasteiger partial charge on any atom is -0.125 e. The molecule has 0 unspecified atom stereocenters. The molecule has 0 heterocycles. The fourth-order valence-corrected chi connectivity index (χ4v) is 19.0. The van der Waals surface area contributed by atoms with Crippen molar-refractivity contribution >= 4 is 75.2 Å². The molecule has 0 fully saturated rings. The van der Waals surface area contributed by atoms with Crippen LogP contribution in [0.15, 0.2) is 71.2 Å². The molecule has 0 radical (unpaired) electrons. The average molecular weight is 858 g/mol. The monoisotopic (exact) mass is 856 g/mol. The third-order valence-corrected chi connectivity index (χ3v) is 26.0. The second-order valence-electron chi connectivity index (χ2n) is 18.6. The molecule has 0 saturated carbocycles.